The number of rotatable bonds is 13. The number of carbonyl (C=O) groups is 1. The SMILES string of the molecule is COc1ccc(CO[C@@H](CC(C)C)C(=O)O[C@@H](CCO)[C@H](C)/C=C/c2ccccc2)cc1. The van der Waals surface area contributed by atoms with Gasteiger partial charge in [-0.25, -0.2) is 4.79 Å². The molecule has 0 unspecified atom stereocenters. The summed E-state index contributed by atoms with van der Waals surface area (Å²) in [6.45, 7) is 6.34. The van der Waals surface area contributed by atoms with Crippen molar-refractivity contribution < 1.29 is 24.1 Å². The van der Waals surface area contributed by atoms with Crippen LogP contribution in [0.4, 0.5) is 0 Å². The van der Waals surface area contributed by atoms with Crippen molar-refractivity contribution >= 4 is 12.0 Å². The first-order valence-electron chi connectivity index (χ1n) is 11.2. The molecule has 0 spiro atoms. The molecule has 32 heavy (non-hydrogen) atoms. The second-order valence-corrected chi connectivity index (χ2v) is 8.39. The fraction of sp³-hybridized carbons (Fsp3) is 0.444. The van der Waals surface area contributed by atoms with E-state index < -0.39 is 12.2 Å². The number of hydrogen-bond donors (Lipinski definition) is 1. The van der Waals surface area contributed by atoms with Crippen LogP contribution in [0.25, 0.3) is 6.08 Å². The topological polar surface area (TPSA) is 65.0 Å². The second kappa shape index (κ2) is 13.7. The molecule has 0 aliphatic carbocycles. The van der Waals surface area contributed by atoms with Crippen molar-refractivity contribution in [1.82, 2.24) is 0 Å². The molecule has 0 fully saturated rings. The van der Waals surface area contributed by atoms with E-state index in [4.69, 9.17) is 14.2 Å². The molecule has 0 saturated carbocycles. The van der Waals surface area contributed by atoms with Crippen LogP contribution in [0.15, 0.2) is 60.7 Å². The summed E-state index contributed by atoms with van der Waals surface area (Å²) in [6, 6.07) is 17.5. The predicted molar refractivity (Wildman–Crippen MR) is 127 cm³/mol. The van der Waals surface area contributed by atoms with Gasteiger partial charge in [-0.3, -0.25) is 0 Å². The Morgan fingerprint density at radius 2 is 1.72 bits per heavy atom. The van der Waals surface area contributed by atoms with Crippen LogP contribution in [-0.4, -0.2) is 37.0 Å². The molecule has 2 aromatic rings. The van der Waals surface area contributed by atoms with Gasteiger partial charge < -0.3 is 19.3 Å². The lowest BCUT2D eigenvalue weighted by Gasteiger charge is -2.25. The summed E-state index contributed by atoms with van der Waals surface area (Å²) in [5.74, 6) is 0.615. The fourth-order valence-corrected chi connectivity index (χ4v) is 3.31. The van der Waals surface area contributed by atoms with Crippen molar-refractivity contribution in [2.75, 3.05) is 13.7 Å². The standard InChI is InChI=1S/C27H36O5/c1-20(2)18-26(31-19-23-12-14-24(30-4)15-13-23)27(29)32-25(16-17-28)21(3)10-11-22-8-6-5-7-9-22/h5-15,20-21,25-26,28H,16-19H2,1-4H3/b11-10+/t21-,25+,26+/m1/s1. The molecule has 2 rings (SSSR count). The molecule has 0 aromatic heterocycles. The lowest BCUT2D eigenvalue weighted by atomic mass is 10.00. The summed E-state index contributed by atoms with van der Waals surface area (Å²) >= 11 is 0. The number of carbonyl (C=O) groups excluding carboxylic acids is 1. The number of benzene rings is 2. The molecule has 5 nitrogen and oxygen atoms in total. The van der Waals surface area contributed by atoms with Crippen molar-refractivity contribution in [3.8, 4) is 5.75 Å². The molecule has 0 radical (unpaired) electrons. The van der Waals surface area contributed by atoms with Crippen LogP contribution in [0.2, 0.25) is 0 Å². The molecule has 0 bridgehead atoms. The lowest BCUT2D eigenvalue weighted by molar-refractivity contribution is -0.167. The molecule has 174 valence electrons. The Bertz CT molecular complexity index is 814. The zero-order valence-corrected chi connectivity index (χ0v) is 19.6. The van der Waals surface area contributed by atoms with Crippen molar-refractivity contribution in [1.29, 1.82) is 0 Å². The van der Waals surface area contributed by atoms with E-state index in [0.717, 1.165) is 16.9 Å². The normalized spacial score (nSPS) is 14.3. The van der Waals surface area contributed by atoms with Gasteiger partial charge >= 0.3 is 5.97 Å². The zero-order valence-electron chi connectivity index (χ0n) is 19.6. The molecule has 3 atom stereocenters. The van der Waals surface area contributed by atoms with Crippen molar-refractivity contribution in [2.24, 2.45) is 11.8 Å². The van der Waals surface area contributed by atoms with E-state index in [9.17, 15) is 9.90 Å². The van der Waals surface area contributed by atoms with Gasteiger partial charge in [0, 0.05) is 18.9 Å². The highest BCUT2D eigenvalue weighted by Gasteiger charge is 2.27. The van der Waals surface area contributed by atoms with E-state index >= 15 is 0 Å². The minimum atomic E-state index is -0.663. The first-order chi connectivity index (χ1) is 15.4. The number of aliphatic hydroxyl groups excluding tert-OH is 1. The maximum Gasteiger partial charge on any atom is 0.335 e. The molecule has 0 saturated heterocycles. The van der Waals surface area contributed by atoms with Gasteiger partial charge in [0.25, 0.3) is 0 Å². The maximum atomic E-state index is 13.0. The molecule has 2 aromatic carbocycles. The van der Waals surface area contributed by atoms with E-state index in [1.54, 1.807) is 7.11 Å². The maximum absolute atomic E-state index is 13.0. The number of methoxy groups -OCH3 is 1. The number of hydrogen-bond acceptors (Lipinski definition) is 5. The Balaban J connectivity index is 2.02. The summed E-state index contributed by atoms with van der Waals surface area (Å²) in [6.07, 6.45) is 3.87. The molecular formula is C27H36O5. The average molecular weight is 441 g/mol. The highest BCUT2D eigenvalue weighted by Crippen LogP contribution is 2.20. The van der Waals surface area contributed by atoms with Gasteiger partial charge in [-0.2, -0.15) is 0 Å². The Kier molecular flexibility index (Phi) is 11.0. The highest BCUT2D eigenvalue weighted by atomic mass is 16.6. The Morgan fingerprint density at radius 3 is 2.31 bits per heavy atom. The minimum Gasteiger partial charge on any atom is -0.497 e. The van der Waals surface area contributed by atoms with Crippen molar-refractivity contribution in [3.05, 3.63) is 71.8 Å². The quantitative estimate of drug-likeness (QED) is 0.430. The zero-order chi connectivity index (χ0) is 23.3. The van der Waals surface area contributed by atoms with Crippen LogP contribution >= 0.6 is 0 Å². The van der Waals surface area contributed by atoms with Gasteiger partial charge in [-0.1, -0.05) is 75.4 Å². The van der Waals surface area contributed by atoms with Crippen LogP contribution in [-0.2, 0) is 20.9 Å². The predicted octanol–water partition coefficient (Wildman–Crippen LogP) is 5.27. The monoisotopic (exact) mass is 440 g/mol. The Hall–Kier alpha value is -2.63. The second-order valence-electron chi connectivity index (χ2n) is 8.39. The van der Waals surface area contributed by atoms with Gasteiger partial charge in [0.15, 0.2) is 6.10 Å². The van der Waals surface area contributed by atoms with E-state index in [-0.39, 0.29) is 24.4 Å². The molecule has 5 heteroatoms. The summed E-state index contributed by atoms with van der Waals surface area (Å²) in [7, 11) is 1.62. The molecule has 0 aliphatic heterocycles. The van der Waals surface area contributed by atoms with E-state index in [0.29, 0.717) is 19.4 Å². The molecule has 0 heterocycles. The van der Waals surface area contributed by atoms with E-state index in [2.05, 4.69) is 0 Å². The van der Waals surface area contributed by atoms with Crippen LogP contribution in [0.1, 0.15) is 44.7 Å². The molecule has 0 amide bonds. The van der Waals surface area contributed by atoms with Gasteiger partial charge in [-0.05, 0) is 35.6 Å². The van der Waals surface area contributed by atoms with Crippen LogP contribution in [0, 0.1) is 11.8 Å². The average Bonchev–Trinajstić information content (AvgIpc) is 2.80. The van der Waals surface area contributed by atoms with Gasteiger partial charge in [0.2, 0.25) is 0 Å². The summed E-state index contributed by atoms with van der Waals surface area (Å²) in [5, 5.41) is 9.51. The van der Waals surface area contributed by atoms with Gasteiger partial charge in [0.1, 0.15) is 11.9 Å². The largest absolute Gasteiger partial charge is 0.497 e. The van der Waals surface area contributed by atoms with Gasteiger partial charge in [-0.15, -0.1) is 0 Å². The first kappa shape index (κ1) is 25.6. The van der Waals surface area contributed by atoms with Crippen LogP contribution in [0.3, 0.4) is 0 Å². The third kappa shape index (κ3) is 8.85. The lowest BCUT2D eigenvalue weighted by Crippen LogP contribution is -2.34. The minimum absolute atomic E-state index is 0.0485. The van der Waals surface area contributed by atoms with Crippen LogP contribution in [0.5, 0.6) is 5.75 Å². The number of ether oxygens (including phenoxy) is 3. The third-order valence-electron chi connectivity index (χ3n) is 5.22. The summed E-state index contributed by atoms with van der Waals surface area (Å²) < 4.78 is 17.0. The summed E-state index contributed by atoms with van der Waals surface area (Å²) in [4.78, 5) is 13.0. The fourth-order valence-electron chi connectivity index (χ4n) is 3.31. The Morgan fingerprint density at radius 1 is 1.03 bits per heavy atom. The van der Waals surface area contributed by atoms with E-state index in [1.165, 1.54) is 0 Å². The highest BCUT2D eigenvalue weighted by molar-refractivity contribution is 5.75. The molecule has 0 aliphatic rings. The van der Waals surface area contributed by atoms with E-state index in [1.807, 2.05) is 87.5 Å². The van der Waals surface area contributed by atoms with Crippen LogP contribution < -0.4 is 4.74 Å². The van der Waals surface area contributed by atoms with Crippen molar-refractivity contribution in [2.45, 2.75) is 52.4 Å². The summed E-state index contributed by atoms with van der Waals surface area (Å²) in [5.41, 5.74) is 2.03. The van der Waals surface area contributed by atoms with Crippen molar-refractivity contribution in [3.63, 3.8) is 0 Å². The number of esters is 1. The molecule has 1 N–H and O–H groups in total. The third-order valence-corrected chi connectivity index (χ3v) is 5.22. The first-order valence-corrected chi connectivity index (χ1v) is 11.2. The molecular weight excluding hydrogens is 404 g/mol. The number of aliphatic hydroxyl groups is 1. The van der Waals surface area contributed by atoms with Gasteiger partial charge in [0.05, 0.1) is 13.7 Å². The smallest absolute Gasteiger partial charge is 0.335 e. The Labute approximate surface area is 192 Å².